The largest absolute Gasteiger partial charge is 0.495 e. The molecule has 0 spiro atoms. The number of hydrogen-bond donors (Lipinski definition) is 1. The van der Waals surface area contributed by atoms with Gasteiger partial charge in [-0.3, -0.25) is 9.69 Å². The molecule has 0 saturated carbocycles. The number of methoxy groups -OCH3 is 1. The number of halogens is 1. The second-order valence-corrected chi connectivity index (χ2v) is 7.12. The molecule has 0 aliphatic carbocycles. The molecule has 0 saturated heterocycles. The number of nitrogens with zero attached hydrogens (tertiary/aromatic N) is 1. The van der Waals surface area contributed by atoms with Gasteiger partial charge in [-0.05, 0) is 48.5 Å². The monoisotopic (exact) mass is 414 g/mol. The third kappa shape index (κ3) is 3.22. The van der Waals surface area contributed by atoms with Crippen molar-refractivity contribution in [3.05, 3.63) is 102 Å². The first-order chi connectivity index (χ1) is 15.2. The lowest BCUT2D eigenvalue weighted by Gasteiger charge is -2.37. The van der Waals surface area contributed by atoms with Gasteiger partial charge in [0.15, 0.2) is 6.17 Å². The summed E-state index contributed by atoms with van der Waals surface area (Å²) >= 11 is 0. The van der Waals surface area contributed by atoms with E-state index in [2.05, 4.69) is 5.32 Å². The number of hydrogen-bond acceptors (Lipinski definition) is 4. The normalized spacial score (nSPS) is 15.4. The molecule has 0 fully saturated rings. The van der Waals surface area contributed by atoms with Gasteiger partial charge in [0, 0.05) is 5.69 Å². The minimum atomic E-state index is -0.640. The van der Waals surface area contributed by atoms with Crippen LogP contribution in [-0.2, 0) is 0 Å². The zero-order chi connectivity index (χ0) is 21.4. The van der Waals surface area contributed by atoms with Crippen LogP contribution >= 0.6 is 0 Å². The quantitative estimate of drug-likeness (QED) is 0.454. The predicted molar refractivity (Wildman–Crippen MR) is 117 cm³/mol. The highest BCUT2D eigenvalue weighted by molar-refractivity contribution is 6.12. The van der Waals surface area contributed by atoms with Gasteiger partial charge in [-0.2, -0.15) is 0 Å². The van der Waals surface area contributed by atoms with E-state index in [1.165, 1.54) is 6.07 Å². The summed E-state index contributed by atoms with van der Waals surface area (Å²) in [6.45, 7) is 0. The number of para-hydroxylation sites is 3. The van der Waals surface area contributed by atoms with Crippen molar-refractivity contribution in [2.75, 3.05) is 17.3 Å². The van der Waals surface area contributed by atoms with Gasteiger partial charge < -0.3 is 14.5 Å². The minimum Gasteiger partial charge on any atom is -0.495 e. The maximum absolute atomic E-state index is 14.3. The second-order valence-electron chi connectivity index (χ2n) is 7.12. The SMILES string of the molecule is COc1ccccc1N1C(=O)c2ccccc2NC1c1ccc(-c2ccccc2F)o1. The third-order valence-electron chi connectivity index (χ3n) is 5.31. The van der Waals surface area contributed by atoms with Crippen LogP contribution in [0.1, 0.15) is 22.3 Å². The molecule has 1 unspecified atom stereocenters. The number of fused-ring (bicyclic) bond motifs is 1. The maximum Gasteiger partial charge on any atom is 0.262 e. The molecule has 1 aliphatic heterocycles. The molecule has 3 aromatic carbocycles. The molecular weight excluding hydrogens is 395 g/mol. The molecule has 31 heavy (non-hydrogen) atoms. The maximum atomic E-state index is 14.3. The van der Waals surface area contributed by atoms with Crippen molar-refractivity contribution >= 4 is 17.3 Å². The molecule has 0 radical (unpaired) electrons. The van der Waals surface area contributed by atoms with Crippen molar-refractivity contribution in [2.24, 2.45) is 0 Å². The molecule has 1 N–H and O–H groups in total. The van der Waals surface area contributed by atoms with Crippen LogP contribution in [0.3, 0.4) is 0 Å². The molecule has 5 rings (SSSR count). The Morgan fingerprint density at radius 2 is 1.61 bits per heavy atom. The standard InChI is InChI=1S/C25H19FN2O3/c1-30-22-13-7-6-12-20(22)28-24(27-19-11-5-3-9-17(19)25(28)29)23-15-14-21(31-23)16-8-2-4-10-18(16)26/h2-15,24,27H,1H3. The van der Waals surface area contributed by atoms with Crippen molar-refractivity contribution in [3.8, 4) is 17.1 Å². The molecule has 5 nitrogen and oxygen atoms in total. The lowest BCUT2D eigenvalue weighted by molar-refractivity contribution is 0.0971. The molecule has 0 bridgehead atoms. The molecule has 1 aromatic heterocycles. The Labute approximate surface area is 178 Å². The molecule has 1 atom stereocenters. The number of carbonyl (C=O) groups is 1. The van der Waals surface area contributed by atoms with E-state index in [0.29, 0.717) is 39.8 Å². The van der Waals surface area contributed by atoms with E-state index in [4.69, 9.17) is 9.15 Å². The van der Waals surface area contributed by atoms with Gasteiger partial charge in [-0.25, -0.2) is 4.39 Å². The van der Waals surface area contributed by atoms with Crippen LogP contribution in [0.5, 0.6) is 5.75 Å². The number of amides is 1. The highest BCUT2D eigenvalue weighted by Crippen LogP contribution is 2.41. The van der Waals surface area contributed by atoms with Gasteiger partial charge in [0.05, 0.1) is 23.9 Å². The van der Waals surface area contributed by atoms with Crippen molar-refractivity contribution < 1.29 is 18.3 Å². The summed E-state index contributed by atoms with van der Waals surface area (Å²) in [5, 5.41) is 3.39. The van der Waals surface area contributed by atoms with Crippen LogP contribution in [0.25, 0.3) is 11.3 Å². The summed E-state index contributed by atoms with van der Waals surface area (Å²) in [7, 11) is 1.56. The van der Waals surface area contributed by atoms with Gasteiger partial charge in [0.1, 0.15) is 23.1 Å². The van der Waals surface area contributed by atoms with E-state index in [-0.39, 0.29) is 11.7 Å². The summed E-state index contributed by atoms with van der Waals surface area (Å²) in [4.78, 5) is 15.1. The number of anilines is 2. The van der Waals surface area contributed by atoms with E-state index < -0.39 is 6.17 Å². The number of benzene rings is 3. The van der Waals surface area contributed by atoms with Crippen LogP contribution in [0.15, 0.2) is 89.3 Å². The smallest absolute Gasteiger partial charge is 0.262 e. The highest BCUT2D eigenvalue weighted by atomic mass is 19.1. The number of furan rings is 1. The number of ether oxygens (including phenoxy) is 1. The Morgan fingerprint density at radius 1 is 0.903 bits per heavy atom. The zero-order valence-electron chi connectivity index (χ0n) is 16.7. The Balaban J connectivity index is 1.64. The number of rotatable bonds is 4. The van der Waals surface area contributed by atoms with Gasteiger partial charge in [-0.1, -0.05) is 36.4 Å². The average Bonchev–Trinajstić information content (AvgIpc) is 3.29. The van der Waals surface area contributed by atoms with Crippen molar-refractivity contribution in [2.45, 2.75) is 6.17 Å². The van der Waals surface area contributed by atoms with Crippen LogP contribution < -0.4 is 15.0 Å². The molecule has 1 aliphatic rings. The van der Waals surface area contributed by atoms with Crippen LogP contribution in [-0.4, -0.2) is 13.0 Å². The third-order valence-corrected chi connectivity index (χ3v) is 5.31. The van der Waals surface area contributed by atoms with Crippen molar-refractivity contribution in [3.63, 3.8) is 0 Å². The van der Waals surface area contributed by atoms with Crippen LogP contribution in [0.4, 0.5) is 15.8 Å². The molecule has 1 amide bonds. The van der Waals surface area contributed by atoms with E-state index in [1.54, 1.807) is 54.5 Å². The first-order valence-electron chi connectivity index (χ1n) is 9.84. The average molecular weight is 414 g/mol. The molecule has 2 heterocycles. The highest BCUT2D eigenvalue weighted by Gasteiger charge is 2.37. The lowest BCUT2D eigenvalue weighted by Crippen LogP contribution is -2.43. The van der Waals surface area contributed by atoms with E-state index in [9.17, 15) is 9.18 Å². The summed E-state index contributed by atoms with van der Waals surface area (Å²) < 4.78 is 25.8. The van der Waals surface area contributed by atoms with Crippen LogP contribution in [0.2, 0.25) is 0 Å². The fourth-order valence-corrected chi connectivity index (χ4v) is 3.84. The van der Waals surface area contributed by atoms with E-state index >= 15 is 0 Å². The summed E-state index contributed by atoms with van der Waals surface area (Å²) in [5.41, 5.74) is 2.21. The molecule has 154 valence electrons. The molecule has 4 aromatic rings. The first-order valence-corrected chi connectivity index (χ1v) is 9.84. The van der Waals surface area contributed by atoms with E-state index in [1.807, 2.05) is 36.4 Å². The fraction of sp³-hybridized carbons (Fsp3) is 0.0800. The Kier molecular flexibility index (Phi) is 4.67. The van der Waals surface area contributed by atoms with Crippen molar-refractivity contribution in [1.29, 1.82) is 0 Å². The summed E-state index contributed by atoms with van der Waals surface area (Å²) in [6, 6.07) is 24.5. The second kappa shape index (κ2) is 7.65. The Morgan fingerprint density at radius 3 is 2.42 bits per heavy atom. The Hall–Kier alpha value is -4.06. The summed E-state index contributed by atoms with van der Waals surface area (Å²) in [6.07, 6.45) is -0.640. The zero-order valence-corrected chi connectivity index (χ0v) is 16.7. The molecule has 6 heteroatoms. The number of nitrogens with one attached hydrogen (secondary N) is 1. The van der Waals surface area contributed by atoms with Crippen molar-refractivity contribution in [1.82, 2.24) is 0 Å². The van der Waals surface area contributed by atoms with E-state index in [0.717, 1.165) is 0 Å². The Bertz CT molecular complexity index is 1270. The summed E-state index contributed by atoms with van der Waals surface area (Å²) in [5.74, 6) is 0.867. The van der Waals surface area contributed by atoms with Gasteiger partial charge in [-0.15, -0.1) is 0 Å². The number of carbonyl (C=O) groups excluding carboxylic acids is 1. The molecular formula is C25H19FN2O3. The van der Waals surface area contributed by atoms with Gasteiger partial charge in [0.25, 0.3) is 5.91 Å². The van der Waals surface area contributed by atoms with Crippen LogP contribution in [0, 0.1) is 5.82 Å². The fourth-order valence-electron chi connectivity index (χ4n) is 3.84. The van der Waals surface area contributed by atoms with Gasteiger partial charge >= 0.3 is 0 Å². The lowest BCUT2D eigenvalue weighted by atomic mass is 10.1. The predicted octanol–water partition coefficient (Wildman–Crippen LogP) is 5.87. The van der Waals surface area contributed by atoms with Gasteiger partial charge in [0.2, 0.25) is 0 Å². The topological polar surface area (TPSA) is 54.7 Å². The first kappa shape index (κ1) is 18.9. The minimum absolute atomic E-state index is 0.187.